The summed E-state index contributed by atoms with van der Waals surface area (Å²) in [6.45, 7) is 4.76. The second-order valence-electron chi connectivity index (χ2n) is 8.44. The van der Waals surface area contributed by atoms with Crippen LogP contribution in [0.25, 0.3) is 17.4 Å². The number of nitrogen functional groups attached to an aromatic ring is 1. The molecule has 5 rings (SSSR count). The van der Waals surface area contributed by atoms with Crippen LogP contribution in [0.2, 0.25) is 0 Å². The van der Waals surface area contributed by atoms with E-state index in [0.717, 1.165) is 50.4 Å². The number of nitrogens with two attached hydrogens (primary N) is 1. The molecule has 1 aliphatic rings. The average molecular weight is 477 g/mol. The van der Waals surface area contributed by atoms with Crippen LogP contribution in [-0.4, -0.2) is 74.6 Å². The zero-order valence-electron chi connectivity index (χ0n) is 19.4. The van der Waals surface area contributed by atoms with E-state index in [1.807, 2.05) is 12.1 Å². The molecule has 0 atom stereocenters. The lowest BCUT2D eigenvalue weighted by molar-refractivity contribution is -0.119. The molecule has 0 radical (unpaired) electrons. The second kappa shape index (κ2) is 10.6. The lowest BCUT2D eigenvalue weighted by atomic mass is 10.0. The van der Waals surface area contributed by atoms with Gasteiger partial charge in [0.25, 0.3) is 5.78 Å². The van der Waals surface area contributed by atoms with Gasteiger partial charge in [-0.3, -0.25) is 9.69 Å². The number of nitrogens with one attached hydrogen (secondary N) is 1. The molecule has 11 nitrogen and oxygen atoms in total. The van der Waals surface area contributed by atoms with Gasteiger partial charge in [-0.1, -0.05) is 24.3 Å². The highest BCUT2D eigenvalue weighted by Gasteiger charge is 2.14. The Labute approximate surface area is 202 Å². The molecule has 0 unspecified atom stereocenters. The Bertz CT molecular complexity index is 1260. The third-order valence-electron chi connectivity index (χ3n) is 5.91. The summed E-state index contributed by atoms with van der Waals surface area (Å²) in [4.78, 5) is 27.7. The van der Waals surface area contributed by atoms with Crippen molar-refractivity contribution in [2.45, 2.75) is 19.3 Å². The van der Waals surface area contributed by atoms with Crippen LogP contribution in [0.15, 0.2) is 47.1 Å². The van der Waals surface area contributed by atoms with Gasteiger partial charge in [-0.25, -0.2) is 0 Å². The molecular formula is C24H28N8O3. The van der Waals surface area contributed by atoms with Crippen LogP contribution in [-0.2, 0) is 22.4 Å². The van der Waals surface area contributed by atoms with E-state index in [2.05, 4.69) is 42.4 Å². The smallest absolute Gasteiger partial charge is 0.259 e. The van der Waals surface area contributed by atoms with Gasteiger partial charge in [0.2, 0.25) is 17.7 Å². The first-order valence-corrected chi connectivity index (χ1v) is 11.7. The third-order valence-corrected chi connectivity index (χ3v) is 5.91. The van der Waals surface area contributed by atoms with E-state index in [4.69, 9.17) is 14.9 Å². The number of carbonyl (C=O) groups excluding carboxylic acids is 1. The first kappa shape index (κ1) is 22.9. The summed E-state index contributed by atoms with van der Waals surface area (Å²) in [5.41, 5.74) is 8.22. The maximum atomic E-state index is 12.3. The number of benzene rings is 1. The zero-order valence-corrected chi connectivity index (χ0v) is 19.4. The van der Waals surface area contributed by atoms with Crippen molar-refractivity contribution in [3.63, 3.8) is 0 Å². The molecule has 0 amide bonds. The van der Waals surface area contributed by atoms with E-state index in [1.165, 1.54) is 4.52 Å². The summed E-state index contributed by atoms with van der Waals surface area (Å²) >= 11 is 0. The molecule has 0 saturated carbocycles. The molecule has 35 heavy (non-hydrogen) atoms. The summed E-state index contributed by atoms with van der Waals surface area (Å²) in [5, 5.41) is 7.48. The standard InChI is InChI=1S/C24H28N8O3/c25-22-28-23(29-24-27-21(30-32(22)24)20-2-1-13-35-20)26-9-7-17-3-5-18(6-4-17)16-19(33)8-10-31-11-14-34-15-12-31/h1-6,13H,7-12,14-16H2,(H3,25,26,27,28,29,30). The largest absolute Gasteiger partial charge is 0.461 e. The van der Waals surface area contributed by atoms with Crippen molar-refractivity contribution in [3.05, 3.63) is 53.8 Å². The van der Waals surface area contributed by atoms with Crippen LogP contribution in [0, 0.1) is 0 Å². The lowest BCUT2D eigenvalue weighted by Gasteiger charge is -2.26. The van der Waals surface area contributed by atoms with Crippen molar-refractivity contribution in [2.24, 2.45) is 0 Å². The minimum atomic E-state index is 0.186. The number of aromatic nitrogens is 5. The Kier molecular flexibility index (Phi) is 6.96. The minimum Gasteiger partial charge on any atom is -0.461 e. The number of anilines is 2. The van der Waals surface area contributed by atoms with Gasteiger partial charge >= 0.3 is 0 Å². The number of hydrogen-bond donors (Lipinski definition) is 2. The molecule has 11 heteroatoms. The van der Waals surface area contributed by atoms with E-state index >= 15 is 0 Å². The fourth-order valence-corrected chi connectivity index (χ4v) is 3.96. The molecule has 1 aliphatic heterocycles. The highest BCUT2D eigenvalue weighted by molar-refractivity contribution is 5.81. The lowest BCUT2D eigenvalue weighted by Crippen LogP contribution is -2.37. The maximum Gasteiger partial charge on any atom is 0.259 e. The van der Waals surface area contributed by atoms with Gasteiger partial charge in [0.1, 0.15) is 5.78 Å². The monoisotopic (exact) mass is 476 g/mol. The molecule has 182 valence electrons. The summed E-state index contributed by atoms with van der Waals surface area (Å²) in [6, 6.07) is 11.7. The number of carbonyl (C=O) groups is 1. The van der Waals surface area contributed by atoms with E-state index in [1.54, 1.807) is 18.4 Å². The summed E-state index contributed by atoms with van der Waals surface area (Å²) in [7, 11) is 0. The Hall–Kier alpha value is -3.83. The van der Waals surface area contributed by atoms with Crippen LogP contribution in [0.1, 0.15) is 17.5 Å². The Balaban J connectivity index is 1.11. The molecule has 3 N–H and O–H groups in total. The molecule has 0 spiro atoms. The number of ketones is 1. The van der Waals surface area contributed by atoms with E-state index in [0.29, 0.717) is 42.7 Å². The van der Waals surface area contributed by atoms with Crippen LogP contribution in [0.3, 0.4) is 0 Å². The van der Waals surface area contributed by atoms with Gasteiger partial charge in [0.05, 0.1) is 19.5 Å². The van der Waals surface area contributed by atoms with E-state index < -0.39 is 0 Å². The van der Waals surface area contributed by atoms with Crippen molar-refractivity contribution in [3.8, 4) is 11.6 Å². The normalized spacial score (nSPS) is 14.4. The average Bonchev–Trinajstić information content (AvgIpc) is 3.55. The topological polar surface area (TPSA) is 137 Å². The summed E-state index contributed by atoms with van der Waals surface area (Å²) in [6.07, 6.45) is 3.37. The van der Waals surface area contributed by atoms with Gasteiger partial charge in [-0.15, -0.1) is 5.10 Å². The van der Waals surface area contributed by atoms with Gasteiger partial charge in [-0.2, -0.15) is 19.5 Å². The Morgan fingerprint density at radius 2 is 1.86 bits per heavy atom. The summed E-state index contributed by atoms with van der Waals surface area (Å²) in [5.74, 6) is 2.11. The first-order valence-electron chi connectivity index (χ1n) is 11.7. The molecule has 1 saturated heterocycles. The van der Waals surface area contributed by atoms with Gasteiger partial charge in [-0.05, 0) is 29.7 Å². The van der Waals surface area contributed by atoms with E-state index in [-0.39, 0.29) is 11.7 Å². The molecule has 1 fully saturated rings. The Morgan fingerprint density at radius 3 is 2.63 bits per heavy atom. The molecule has 4 heterocycles. The van der Waals surface area contributed by atoms with Crippen molar-refractivity contribution < 1.29 is 13.9 Å². The van der Waals surface area contributed by atoms with Gasteiger partial charge < -0.3 is 20.2 Å². The van der Waals surface area contributed by atoms with Crippen molar-refractivity contribution in [1.82, 2.24) is 29.5 Å². The molecule has 0 bridgehead atoms. The minimum absolute atomic E-state index is 0.186. The quantitative estimate of drug-likeness (QED) is 0.349. The highest BCUT2D eigenvalue weighted by Crippen LogP contribution is 2.17. The number of morpholine rings is 1. The number of Topliss-reactive ketones (excluding diaryl/α,β-unsaturated/α-hetero) is 1. The number of rotatable bonds is 10. The fraction of sp³-hybridized carbons (Fsp3) is 0.375. The molecular weight excluding hydrogens is 448 g/mol. The van der Waals surface area contributed by atoms with Crippen molar-refractivity contribution in [2.75, 3.05) is 50.4 Å². The van der Waals surface area contributed by atoms with E-state index in [9.17, 15) is 4.79 Å². The zero-order chi connectivity index (χ0) is 24.0. The number of hydrogen-bond acceptors (Lipinski definition) is 10. The van der Waals surface area contributed by atoms with Crippen molar-refractivity contribution >= 4 is 23.5 Å². The highest BCUT2D eigenvalue weighted by atomic mass is 16.5. The Morgan fingerprint density at radius 1 is 1.06 bits per heavy atom. The number of nitrogens with zero attached hydrogens (tertiary/aromatic N) is 6. The predicted octanol–water partition coefficient (Wildman–Crippen LogP) is 1.85. The number of ether oxygens (including phenoxy) is 1. The molecule has 4 aromatic rings. The number of fused-ring (bicyclic) bond motifs is 1. The second-order valence-corrected chi connectivity index (χ2v) is 8.44. The van der Waals surface area contributed by atoms with Crippen LogP contribution >= 0.6 is 0 Å². The van der Waals surface area contributed by atoms with Crippen molar-refractivity contribution in [1.29, 1.82) is 0 Å². The van der Waals surface area contributed by atoms with Crippen LogP contribution in [0.4, 0.5) is 11.9 Å². The van der Waals surface area contributed by atoms with Gasteiger partial charge in [0, 0.05) is 39.0 Å². The fourth-order valence-electron chi connectivity index (χ4n) is 3.96. The molecule has 0 aliphatic carbocycles. The number of furan rings is 1. The summed E-state index contributed by atoms with van der Waals surface area (Å²) < 4.78 is 12.1. The van der Waals surface area contributed by atoms with Crippen LogP contribution < -0.4 is 11.1 Å². The molecule has 1 aromatic carbocycles. The molecule has 3 aromatic heterocycles. The van der Waals surface area contributed by atoms with Gasteiger partial charge in [0.15, 0.2) is 5.76 Å². The SMILES string of the molecule is Nc1nc(NCCc2ccc(CC(=O)CCN3CCOCC3)cc2)nc2nc(-c3ccco3)nn12. The predicted molar refractivity (Wildman–Crippen MR) is 130 cm³/mol. The van der Waals surface area contributed by atoms with Crippen LogP contribution in [0.5, 0.6) is 0 Å². The maximum absolute atomic E-state index is 12.3. The first-order chi connectivity index (χ1) is 17.1. The third kappa shape index (κ3) is 5.81.